The molecule has 0 bridgehead atoms. The number of hydrazine groups is 2. The zero-order chi connectivity index (χ0) is 26.0. The minimum absolute atomic E-state index is 0.400. The highest BCUT2D eigenvalue weighted by atomic mass is 32.1. The number of rotatable bonds is 6. The van der Waals surface area contributed by atoms with Gasteiger partial charge >= 0.3 is 0 Å². The van der Waals surface area contributed by atoms with Crippen molar-refractivity contribution < 1.29 is 9.59 Å². The molecule has 4 aromatic rings. The number of nitrogens with zero attached hydrogens (tertiary/aromatic N) is 2. The van der Waals surface area contributed by atoms with Crippen LogP contribution in [0.3, 0.4) is 0 Å². The smallest absolute Gasteiger partial charge is 0.248 e. The highest BCUT2D eigenvalue weighted by Gasteiger charge is 2.21. The summed E-state index contributed by atoms with van der Waals surface area (Å²) in [6.45, 7) is 0. The van der Waals surface area contributed by atoms with E-state index in [0.717, 1.165) is 11.1 Å². The number of anilines is 2. The lowest BCUT2D eigenvalue weighted by Gasteiger charge is -2.27. The normalized spacial score (nSPS) is 10.2. The first-order valence-corrected chi connectivity index (χ1v) is 12.3. The molecule has 0 aliphatic heterocycles. The number of carbonyl (C=O) groups excluding carboxylic acids is 2. The van der Waals surface area contributed by atoms with Gasteiger partial charge in [0.05, 0.1) is 11.4 Å². The van der Waals surface area contributed by atoms with Crippen LogP contribution in [-0.2, 0) is 9.59 Å². The SMILES string of the molecule is O=C(CC(=O)NN(C(=S)c1ccccc1)c1ccccc1)NN(C(=S)c1ccccc1)c1ccccc1. The van der Waals surface area contributed by atoms with Crippen LogP contribution in [0.5, 0.6) is 0 Å². The van der Waals surface area contributed by atoms with Crippen molar-refractivity contribution in [3.63, 3.8) is 0 Å². The lowest BCUT2D eigenvalue weighted by molar-refractivity contribution is -0.129. The van der Waals surface area contributed by atoms with E-state index in [1.807, 2.05) is 121 Å². The molecule has 4 aromatic carbocycles. The number of thiocarbonyl (C=S) groups is 2. The zero-order valence-corrected chi connectivity index (χ0v) is 21.4. The van der Waals surface area contributed by atoms with Crippen molar-refractivity contribution in [2.24, 2.45) is 0 Å². The standard InChI is InChI=1S/C29H24N4O2S2/c34-26(30-32(24-17-9-3-10-18-24)28(36)22-13-5-1-6-14-22)21-27(35)31-33(25-19-11-4-12-20-25)29(37)23-15-7-2-8-16-23/h1-20H,21H2,(H,30,34)(H,31,35). The average Bonchev–Trinajstić information content (AvgIpc) is 2.96. The van der Waals surface area contributed by atoms with Crippen molar-refractivity contribution in [3.8, 4) is 0 Å². The first-order chi connectivity index (χ1) is 18.0. The van der Waals surface area contributed by atoms with Crippen molar-refractivity contribution in [1.82, 2.24) is 10.9 Å². The molecule has 0 saturated heterocycles. The van der Waals surface area contributed by atoms with E-state index in [9.17, 15) is 9.59 Å². The first kappa shape index (κ1) is 25.7. The maximum atomic E-state index is 13.0. The van der Waals surface area contributed by atoms with Crippen LogP contribution in [0.15, 0.2) is 121 Å². The van der Waals surface area contributed by atoms with Crippen LogP contribution in [0.2, 0.25) is 0 Å². The van der Waals surface area contributed by atoms with Crippen LogP contribution in [0.25, 0.3) is 0 Å². The third kappa shape index (κ3) is 6.84. The fourth-order valence-corrected chi connectivity index (χ4v) is 4.09. The molecular formula is C29H24N4O2S2. The summed E-state index contributed by atoms with van der Waals surface area (Å²) >= 11 is 11.3. The molecule has 0 spiro atoms. The summed E-state index contributed by atoms with van der Waals surface area (Å²) in [6.07, 6.45) is -0.443. The van der Waals surface area contributed by atoms with Crippen molar-refractivity contribution in [3.05, 3.63) is 132 Å². The van der Waals surface area contributed by atoms with Crippen LogP contribution in [-0.4, -0.2) is 21.8 Å². The predicted octanol–water partition coefficient (Wildman–Crippen LogP) is 5.20. The van der Waals surface area contributed by atoms with Gasteiger partial charge in [-0.15, -0.1) is 0 Å². The van der Waals surface area contributed by atoms with E-state index >= 15 is 0 Å². The molecule has 0 fully saturated rings. The molecule has 2 N–H and O–H groups in total. The Morgan fingerprint density at radius 2 is 0.811 bits per heavy atom. The molecule has 0 radical (unpaired) electrons. The second-order valence-electron chi connectivity index (χ2n) is 7.93. The maximum Gasteiger partial charge on any atom is 0.248 e. The molecule has 0 saturated carbocycles. The van der Waals surface area contributed by atoms with E-state index in [1.165, 1.54) is 10.0 Å². The van der Waals surface area contributed by atoms with Crippen molar-refractivity contribution in [1.29, 1.82) is 0 Å². The number of hydrogen-bond acceptors (Lipinski definition) is 4. The number of para-hydroxylation sites is 2. The van der Waals surface area contributed by atoms with Crippen molar-refractivity contribution in [2.45, 2.75) is 6.42 Å². The fraction of sp³-hybridized carbons (Fsp3) is 0.0345. The molecule has 184 valence electrons. The third-order valence-corrected chi connectivity index (χ3v) is 6.11. The van der Waals surface area contributed by atoms with Gasteiger partial charge in [-0.05, 0) is 24.3 Å². The van der Waals surface area contributed by atoms with Gasteiger partial charge in [0.1, 0.15) is 16.4 Å². The molecule has 0 heterocycles. The van der Waals surface area contributed by atoms with E-state index in [1.54, 1.807) is 0 Å². The van der Waals surface area contributed by atoms with Crippen LogP contribution in [0.1, 0.15) is 17.5 Å². The molecule has 4 rings (SSSR count). The minimum atomic E-state index is -0.529. The van der Waals surface area contributed by atoms with Gasteiger partial charge in [-0.1, -0.05) is 121 Å². The van der Waals surface area contributed by atoms with Gasteiger partial charge in [-0.3, -0.25) is 20.4 Å². The monoisotopic (exact) mass is 524 g/mol. The van der Waals surface area contributed by atoms with E-state index in [2.05, 4.69) is 10.9 Å². The number of carbonyl (C=O) groups is 2. The Kier molecular flexibility index (Phi) is 8.70. The van der Waals surface area contributed by atoms with Crippen LogP contribution in [0, 0.1) is 0 Å². The Hall–Kier alpha value is -4.40. The molecule has 8 heteroatoms. The van der Waals surface area contributed by atoms with Gasteiger partial charge in [-0.2, -0.15) is 0 Å². The van der Waals surface area contributed by atoms with Gasteiger partial charge in [0, 0.05) is 11.1 Å². The van der Waals surface area contributed by atoms with E-state index < -0.39 is 18.2 Å². The first-order valence-electron chi connectivity index (χ1n) is 11.5. The summed E-state index contributed by atoms with van der Waals surface area (Å²) in [6, 6.07) is 37.1. The number of amides is 2. The number of nitrogens with one attached hydrogen (secondary N) is 2. The fourth-order valence-electron chi connectivity index (χ4n) is 3.51. The average molecular weight is 525 g/mol. The van der Waals surface area contributed by atoms with Crippen LogP contribution >= 0.6 is 24.4 Å². The Balaban J connectivity index is 1.50. The molecule has 0 aromatic heterocycles. The maximum absolute atomic E-state index is 13.0. The van der Waals surface area contributed by atoms with Crippen molar-refractivity contribution >= 4 is 57.6 Å². The molecule has 2 amide bonds. The van der Waals surface area contributed by atoms with Crippen LogP contribution in [0.4, 0.5) is 11.4 Å². The Morgan fingerprint density at radius 3 is 1.14 bits per heavy atom. The van der Waals surface area contributed by atoms with Gasteiger partial charge < -0.3 is 0 Å². The quantitative estimate of drug-likeness (QED) is 0.205. The van der Waals surface area contributed by atoms with Gasteiger partial charge in [0.2, 0.25) is 11.8 Å². The third-order valence-electron chi connectivity index (χ3n) is 5.27. The highest BCUT2D eigenvalue weighted by Crippen LogP contribution is 2.17. The largest absolute Gasteiger partial charge is 0.273 e. The van der Waals surface area contributed by atoms with Gasteiger partial charge in [0.25, 0.3) is 0 Å². The van der Waals surface area contributed by atoms with Crippen LogP contribution < -0.4 is 20.9 Å². The molecule has 0 aliphatic carbocycles. The number of benzene rings is 4. The van der Waals surface area contributed by atoms with Crippen molar-refractivity contribution in [2.75, 3.05) is 10.0 Å². The lowest BCUT2D eigenvalue weighted by Crippen LogP contribution is -2.50. The second-order valence-corrected chi connectivity index (χ2v) is 8.70. The highest BCUT2D eigenvalue weighted by molar-refractivity contribution is 7.81. The molecule has 0 aliphatic rings. The summed E-state index contributed by atoms with van der Waals surface area (Å²) < 4.78 is 0. The Bertz CT molecular complexity index is 1260. The Morgan fingerprint density at radius 1 is 0.514 bits per heavy atom. The molecule has 0 atom stereocenters. The molecule has 37 heavy (non-hydrogen) atoms. The number of hydrogen-bond donors (Lipinski definition) is 2. The minimum Gasteiger partial charge on any atom is -0.273 e. The zero-order valence-electron chi connectivity index (χ0n) is 19.8. The topological polar surface area (TPSA) is 64.7 Å². The van der Waals surface area contributed by atoms with Gasteiger partial charge in [0.15, 0.2) is 0 Å². The predicted molar refractivity (Wildman–Crippen MR) is 155 cm³/mol. The van der Waals surface area contributed by atoms with E-state index in [4.69, 9.17) is 24.4 Å². The summed E-state index contributed by atoms with van der Waals surface area (Å²) in [5.74, 6) is -1.06. The molecule has 6 nitrogen and oxygen atoms in total. The molecular weight excluding hydrogens is 500 g/mol. The molecule has 0 unspecified atom stereocenters. The summed E-state index contributed by atoms with van der Waals surface area (Å²) in [5.41, 5.74) is 8.41. The second kappa shape index (κ2) is 12.5. The van der Waals surface area contributed by atoms with Gasteiger partial charge in [-0.25, -0.2) is 10.0 Å². The Labute approximate surface area is 226 Å². The summed E-state index contributed by atoms with van der Waals surface area (Å²) in [7, 11) is 0. The van der Waals surface area contributed by atoms with E-state index in [-0.39, 0.29) is 0 Å². The summed E-state index contributed by atoms with van der Waals surface area (Å²) in [5, 5.41) is 3.01. The van der Waals surface area contributed by atoms with E-state index in [0.29, 0.717) is 21.4 Å². The lowest BCUT2D eigenvalue weighted by atomic mass is 10.2. The summed E-state index contributed by atoms with van der Waals surface area (Å²) in [4.78, 5) is 26.8.